The van der Waals surface area contributed by atoms with Crippen molar-refractivity contribution in [2.45, 2.75) is 32.7 Å². The SMILES string of the molecule is CN(C(=O)CCc1cccc(F)c1Cl)[C@@H](COCC(C)(C)CO)COC(=O)Nc1cc2cc(F)ccc2cn1. The van der Waals surface area contributed by atoms with Crippen LogP contribution in [0.25, 0.3) is 10.8 Å². The normalized spacial score (nSPS) is 12.3. The van der Waals surface area contributed by atoms with E-state index in [-0.39, 0.29) is 56.0 Å². The van der Waals surface area contributed by atoms with Gasteiger partial charge in [0.05, 0.1) is 30.9 Å². The fourth-order valence-corrected chi connectivity index (χ4v) is 3.86. The largest absolute Gasteiger partial charge is 0.447 e. The number of ether oxygens (including phenoxy) is 2. The number of carbonyl (C=O) groups excluding carboxylic acids is 2. The molecular formula is C28H32ClF2N3O5. The number of pyridine rings is 1. The molecule has 0 bridgehead atoms. The minimum atomic E-state index is -0.814. The van der Waals surface area contributed by atoms with Crippen molar-refractivity contribution in [3.8, 4) is 0 Å². The smallest absolute Gasteiger partial charge is 0.412 e. The van der Waals surface area contributed by atoms with Crippen molar-refractivity contribution in [3.05, 3.63) is 70.9 Å². The lowest BCUT2D eigenvalue weighted by molar-refractivity contribution is -0.134. The number of aliphatic hydroxyl groups excluding tert-OH is 1. The van der Waals surface area contributed by atoms with Crippen LogP contribution in [0.5, 0.6) is 0 Å². The second-order valence-electron chi connectivity index (χ2n) is 9.99. The average Bonchev–Trinajstić information content (AvgIpc) is 2.90. The molecule has 2 amide bonds. The molecule has 0 saturated heterocycles. The maximum absolute atomic E-state index is 13.7. The van der Waals surface area contributed by atoms with Gasteiger partial charge in [-0.05, 0) is 47.7 Å². The molecule has 0 unspecified atom stereocenters. The lowest BCUT2D eigenvalue weighted by atomic mass is 9.96. The number of halogens is 3. The first-order valence-electron chi connectivity index (χ1n) is 12.4. The number of carbonyl (C=O) groups is 2. The molecule has 0 fully saturated rings. The second kappa shape index (κ2) is 13.6. The van der Waals surface area contributed by atoms with Gasteiger partial charge in [0.2, 0.25) is 5.91 Å². The Labute approximate surface area is 230 Å². The maximum atomic E-state index is 13.7. The zero-order valence-electron chi connectivity index (χ0n) is 22.0. The van der Waals surface area contributed by atoms with Crippen LogP contribution in [-0.4, -0.2) is 66.5 Å². The van der Waals surface area contributed by atoms with Crippen molar-refractivity contribution in [1.82, 2.24) is 9.88 Å². The summed E-state index contributed by atoms with van der Waals surface area (Å²) in [4.78, 5) is 31.0. The number of aryl methyl sites for hydroxylation is 1. The Hall–Kier alpha value is -3.34. The van der Waals surface area contributed by atoms with Gasteiger partial charge < -0.3 is 19.5 Å². The lowest BCUT2D eigenvalue weighted by Gasteiger charge is -2.29. The third-order valence-electron chi connectivity index (χ3n) is 6.13. The monoisotopic (exact) mass is 563 g/mol. The van der Waals surface area contributed by atoms with E-state index in [4.69, 9.17) is 21.1 Å². The molecule has 0 spiro atoms. The van der Waals surface area contributed by atoms with E-state index < -0.39 is 29.2 Å². The van der Waals surface area contributed by atoms with E-state index in [0.29, 0.717) is 16.3 Å². The minimum absolute atomic E-state index is 0.0240. The van der Waals surface area contributed by atoms with E-state index >= 15 is 0 Å². The molecule has 0 radical (unpaired) electrons. The average molecular weight is 564 g/mol. The van der Waals surface area contributed by atoms with Crippen molar-refractivity contribution >= 4 is 40.2 Å². The van der Waals surface area contributed by atoms with Crippen LogP contribution in [0, 0.1) is 17.0 Å². The number of rotatable bonds is 12. The number of benzene rings is 2. The van der Waals surface area contributed by atoms with Gasteiger partial charge in [-0.25, -0.2) is 18.6 Å². The molecule has 0 aliphatic carbocycles. The van der Waals surface area contributed by atoms with Crippen LogP contribution < -0.4 is 5.32 Å². The molecule has 3 rings (SSSR count). The first-order valence-corrected chi connectivity index (χ1v) is 12.7. The van der Waals surface area contributed by atoms with Crippen molar-refractivity contribution < 1.29 is 33.0 Å². The molecule has 8 nitrogen and oxygen atoms in total. The van der Waals surface area contributed by atoms with Crippen LogP contribution in [-0.2, 0) is 20.7 Å². The predicted molar refractivity (Wildman–Crippen MR) is 145 cm³/mol. The van der Waals surface area contributed by atoms with Crippen LogP contribution in [0.4, 0.5) is 19.4 Å². The Morgan fingerprint density at radius 3 is 2.67 bits per heavy atom. The first kappa shape index (κ1) is 30.2. The summed E-state index contributed by atoms with van der Waals surface area (Å²) in [5.41, 5.74) is 0.00933. The number of nitrogens with one attached hydrogen (secondary N) is 1. The van der Waals surface area contributed by atoms with Crippen molar-refractivity contribution in [2.75, 3.05) is 38.8 Å². The number of aliphatic hydroxyl groups is 1. The topological polar surface area (TPSA) is 101 Å². The summed E-state index contributed by atoms with van der Waals surface area (Å²) in [6.07, 6.45) is 0.954. The Bertz CT molecular complexity index is 1310. The van der Waals surface area contributed by atoms with Gasteiger partial charge >= 0.3 is 6.09 Å². The summed E-state index contributed by atoms with van der Waals surface area (Å²) < 4.78 is 38.4. The second-order valence-corrected chi connectivity index (χ2v) is 10.4. The van der Waals surface area contributed by atoms with Gasteiger partial charge in [-0.3, -0.25) is 10.1 Å². The highest BCUT2D eigenvalue weighted by atomic mass is 35.5. The van der Waals surface area contributed by atoms with Gasteiger partial charge in [0, 0.05) is 30.5 Å². The molecule has 2 aromatic carbocycles. The van der Waals surface area contributed by atoms with Gasteiger partial charge in [-0.15, -0.1) is 0 Å². The van der Waals surface area contributed by atoms with Gasteiger partial charge in [-0.2, -0.15) is 0 Å². The number of amides is 2. The highest BCUT2D eigenvalue weighted by Crippen LogP contribution is 2.22. The quantitative estimate of drug-likeness (QED) is 0.314. The minimum Gasteiger partial charge on any atom is -0.447 e. The van der Waals surface area contributed by atoms with Crippen LogP contribution >= 0.6 is 11.6 Å². The third-order valence-corrected chi connectivity index (χ3v) is 6.56. The van der Waals surface area contributed by atoms with Gasteiger partial charge in [-0.1, -0.05) is 37.6 Å². The third kappa shape index (κ3) is 8.84. The van der Waals surface area contributed by atoms with E-state index in [9.17, 15) is 23.5 Å². The van der Waals surface area contributed by atoms with Crippen molar-refractivity contribution in [2.24, 2.45) is 5.41 Å². The molecule has 1 atom stereocenters. The Morgan fingerprint density at radius 2 is 1.92 bits per heavy atom. The van der Waals surface area contributed by atoms with E-state index in [2.05, 4.69) is 10.3 Å². The molecule has 0 aliphatic rings. The highest BCUT2D eigenvalue weighted by Gasteiger charge is 2.24. The number of aromatic nitrogens is 1. The van der Waals surface area contributed by atoms with E-state index in [0.717, 1.165) is 0 Å². The standard InChI is InChI=1S/C28H32ClF2N3O5/c1-28(2,16-35)17-38-14-22(34(3)25(36)10-8-18-5-4-6-23(31)26(18)29)15-39-27(37)33-24-12-20-11-21(30)9-7-19(20)13-32-24/h4-7,9,11-13,22,35H,8,10,14-17H2,1-3H3,(H,32,33,37)/t22-/m0/s1. The molecule has 0 aliphatic heterocycles. The molecule has 0 saturated carbocycles. The van der Waals surface area contributed by atoms with Gasteiger partial charge in [0.15, 0.2) is 0 Å². The van der Waals surface area contributed by atoms with Crippen LogP contribution in [0.1, 0.15) is 25.8 Å². The molecular weight excluding hydrogens is 532 g/mol. The predicted octanol–water partition coefficient (Wildman–Crippen LogP) is 5.21. The Balaban J connectivity index is 1.62. The van der Waals surface area contributed by atoms with Crippen LogP contribution in [0.2, 0.25) is 5.02 Å². The number of hydrogen-bond acceptors (Lipinski definition) is 6. The summed E-state index contributed by atoms with van der Waals surface area (Å²) in [6, 6.07) is 9.51. The van der Waals surface area contributed by atoms with E-state index in [1.807, 2.05) is 13.8 Å². The Morgan fingerprint density at radius 1 is 1.15 bits per heavy atom. The zero-order chi connectivity index (χ0) is 28.6. The number of fused-ring (bicyclic) bond motifs is 1. The molecule has 1 aromatic heterocycles. The fraction of sp³-hybridized carbons (Fsp3) is 0.393. The maximum Gasteiger partial charge on any atom is 0.412 e. The van der Waals surface area contributed by atoms with Gasteiger partial charge in [0.25, 0.3) is 0 Å². The molecule has 3 aromatic rings. The summed E-state index contributed by atoms with van der Waals surface area (Å²) in [6.45, 7) is 3.61. The summed E-state index contributed by atoms with van der Waals surface area (Å²) in [5, 5.41) is 13.2. The summed E-state index contributed by atoms with van der Waals surface area (Å²) >= 11 is 6.01. The molecule has 39 heavy (non-hydrogen) atoms. The first-order chi connectivity index (χ1) is 18.5. The lowest BCUT2D eigenvalue weighted by Crippen LogP contribution is -2.44. The molecule has 1 heterocycles. The van der Waals surface area contributed by atoms with Gasteiger partial charge in [0.1, 0.15) is 24.1 Å². The van der Waals surface area contributed by atoms with Crippen molar-refractivity contribution in [1.29, 1.82) is 0 Å². The summed E-state index contributed by atoms with van der Waals surface area (Å²) in [7, 11) is 1.56. The summed E-state index contributed by atoms with van der Waals surface area (Å²) in [5.74, 6) is -1.08. The van der Waals surface area contributed by atoms with E-state index in [1.54, 1.807) is 19.2 Å². The highest BCUT2D eigenvalue weighted by molar-refractivity contribution is 6.31. The van der Waals surface area contributed by atoms with E-state index in [1.165, 1.54) is 41.4 Å². The van der Waals surface area contributed by atoms with Crippen LogP contribution in [0.15, 0.2) is 48.7 Å². The number of nitrogens with zero attached hydrogens (tertiary/aromatic N) is 2. The molecule has 210 valence electrons. The van der Waals surface area contributed by atoms with Crippen LogP contribution in [0.3, 0.4) is 0 Å². The fourth-order valence-electron chi connectivity index (χ4n) is 3.64. The number of anilines is 1. The molecule has 2 N–H and O–H groups in total. The number of likely N-dealkylation sites (N-methyl/N-ethyl adjacent to an activating group) is 1. The Kier molecular flexibility index (Phi) is 10.6. The van der Waals surface area contributed by atoms with Crippen molar-refractivity contribution in [3.63, 3.8) is 0 Å². The zero-order valence-corrected chi connectivity index (χ0v) is 22.8. The molecule has 11 heteroatoms. The number of hydrogen-bond donors (Lipinski definition) is 2.